The van der Waals surface area contributed by atoms with Gasteiger partial charge in [-0.05, 0) is 17.7 Å². The summed E-state index contributed by atoms with van der Waals surface area (Å²) < 4.78 is 10.3. The van der Waals surface area contributed by atoms with E-state index >= 15 is 0 Å². The van der Waals surface area contributed by atoms with Crippen molar-refractivity contribution in [2.24, 2.45) is 0 Å². The van der Waals surface area contributed by atoms with Gasteiger partial charge < -0.3 is 9.47 Å². The molecule has 2 nitrogen and oxygen atoms in total. The topological polar surface area (TPSA) is 18.5 Å². The van der Waals surface area contributed by atoms with Crippen LogP contribution in [0.2, 0.25) is 0 Å². The highest BCUT2D eigenvalue weighted by Crippen LogP contribution is 2.19. The van der Waals surface area contributed by atoms with E-state index in [0.29, 0.717) is 0 Å². The van der Waals surface area contributed by atoms with Crippen LogP contribution < -0.4 is 4.74 Å². The van der Waals surface area contributed by atoms with Crippen molar-refractivity contribution in [3.63, 3.8) is 0 Å². The van der Waals surface area contributed by atoms with Gasteiger partial charge >= 0.3 is 0 Å². The van der Waals surface area contributed by atoms with Gasteiger partial charge in [-0.2, -0.15) is 0 Å². The average molecular weight is 200 g/mol. The zero-order valence-electron chi connectivity index (χ0n) is 8.57. The molecule has 0 aliphatic rings. The fraction of sp³-hybridized carbons (Fsp3) is 0.231. The first-order valence-corrected chi connectivity index (χ1v) is 4.47. The first-order chi connectivity index (χ1) is 7.31. The summed E-state index contributed by atoms with van der Waals surface area (Å²) in [5, 5.41) is 0. The maximum absolute atomic E-state index is 5.34. The van der Waals surface area contributed by atoms with Crippen molar-refractivity contribution in [2.75, 3.05) is 13.7 Å². The molecular weight excluding hydrogens is 188 g/mol. The van der Waals surface area contributed by atoms with Gasteiger partial charge in [0.05, 0.1) is 7.11 Å². The summed E-state index contributed by atoms with van der Waals surface area (Å²) in [6.45, 7) is 0.209. The SMILES string of the molecule is C#CCOC(C#C)c1ccc(OC)cc1. The summed E-state index contributed by atoms with van der Waals surface area (Å²) in [5.74, 6) is 5.70. The van der Waals surface area contributed by atoms with Crippen LogP contribution in [-0.2, 0) is 4.74 Å². The largest absolute Gasteiger partial charge is 0.497 e. The molecule has 0 saturated heterocycles. The van der Waals surface area contributed by atoms with Gasteiger partial charge in [0.15, 0.2) is 0 Å². The highest BCUT2D eigenvalue weighted by Gasteiger charge is 2.07. The molecule has 0 N–H and O–H groups in total. The predicted octanol–water partition coefficient (Wildman–Crippen LogP) is 2.02. The Balaban J connectivity index is 2.76. The summed E-state index contributed by atoms with van der Waals surface area (Å²) in [6.07, 6.45) is 10.0. The Hall–Kier alpha value is -1.90. The Bertz CT molecular complexity index is 378. The standard InChI is InChI=1S/C13H12O2/c1-4-10-15-13(5-2)11-6-8-12(14-3)9-7-11/h1-2,6-9,13H,10H2,3H3. The maximum Gasteiger partial charge on any atom is 0.144 e. The van der Waals surface area contributed by atoms with E-state index in [1.165, 1.54) is 0 Å². The fourth-order valence-corrected chi connectivity index (χ4v) is 1.15. The van der Waals surface area contributed by atoms with Crippen molar-refractivity contribution < 1.29 is 9.47 Å². The Morgan fingerprint density at radius 1 is 1.27 bits per heavy atom. The first-order valence-electron chi connectivity index (χ1n) is 4.47. The van der Waals surface area contributed by atoms with Crippen LogP contribution >= 0.6 is 0 Å². The summed E-state index contributed by atoms with van der Waals surface area (Å²) in [7, 11) is 1.61. The second-order valence-corrected chi connectivity index (χ2v) is 2.83. The van der Waals surface area contributed by atoms with E-state index in [2.05, 4.69) is 11.8 Å². The molecule has 15 heavy (non-hydrogen) atoms. The van der Waals surface area contributed by atoms with Gasteiger partial charge in [0, 0.05) is 0 Å². The molecule has 76 valence electrons. The van der Waals surface area contributed by atoms with Gasteiger partial charge in [0.25, 0.3) is 0 Å². The third-order valence-electron chi connectivity index (χ3n) is 1.90. The van der Waals surface area contributed by atoms with Crippen molar-refractivity contribution in [3.8, 4) is 30.4 Å². The van der Waals surface area contributed by atoms with Crippen molar-refractivity contribution in [3.05, 3.63) is 29.8 Å². The lowest BCUT2D eigenvalue weighted by Gasteiger charge is -2.10. The summed E-state index contributed by atoms with van der Waals surface area (Å²) in [5.41, 5.74) is 0.897. The molecule has 0 radical (unpaired) electrons. The molecular formula is C13H12O2. The number of benzene rings is 1. The molecule has 1 aromatic carbocycles. The molecule has 0 aliphatic carbocycles. The van der Waals surface area contributed by atoms with Crippen molar-refractivity contribution in [1.29, 1.82) is 0 Å². The number of ether oxygens (including phenoxy) is 2. The molecule has 1 aromatic rings. The van der Waals surface area contributed by atoms with Crippen molar-refractivity contribution in [1.82, 2.24) is 0 Å². The molecule has 0 saturated carbocycles. The van der Waals surface area contributed by atoms with E-state index in [9.17, 15) is 0 Å². The Kier molecular flexibility index (Phi) is 4.29. The van der Waals surface area contributed by atoms with E-state index in [4.69, 9.17) is 22.3 Å². The number of hydrogen-bond donors (Lipinski definition) is 0. The van der Waals surface area contributed by atoms with E-state index < -0.39 is 6.10 Å². The minimum atomic E-state index is -0.396. The van der Waals surface area contributed by atoms with Crippen LogP contribution in [0.15, 0.2) is 24.3 Å². The number of terminal acetylenes is 2. The Labute approximate surface area is 90.2 Å². The molecule has 1 unspecified atom stereocenters. The van der Waals surface area contributed by atoms with Crippen LogP contribution in [0.25, 0.3) is 0 Å². The van der Waals surface area contributed by atoms with Crippen LogP contribution in [0.4, 0.5) is 0 Å². The Morgan fingerprint density at radius 2 is 1.93 bits per heavy atom. The highest BCUT2D eigenvalue weighted by molar-refractivity contribution is 5.31. The van der Waals surface area contributed by atoms with Gasteiger partial charge in [0.2, 0.25) is 0 Å². The van der Waals surface area contributed by atoms with Crippen LogP contribution in [0.5, 0.6) is 5.75 Å². The molecule has 0 aromatic heterocycles. The van der Waals surface area contributed by atoms with Gasteiger partial charge in [-0.1, -0.05) is 24.0 Å². The maximum atomic E-state index is 5.34. The number of rotatable bonds is 4. The second-order valence-electron chi connectivity index (χ2n) is 2.83. The van der Waals surface area contributed by atoms with Crippen molar-refractivity contribution in [2.45, 2.75) is 6.10 Å². The fourth-order valence-electron chi connectivity index (χ4n) is 1.15. The molecule has 0 amide bonds. The van der Waals surface area contributed by atoms with E-state index in [0.717, 1.165) is 11.3 Å². The third kappa shape index (κ3) is 3.06. The number of methoxy groups -OCH3 is 1. The molecule has 0 bridgehead atoms. The lowest BCUT2D eigenvalue weighted by molar-refractivity contribution is 0.121. The molecule has 1 atom stereocenters. The molecule has 0 fully saturated rings. The zero-order chi connectivity index (χ0) is 11.1. The van der Waals surface area contributed by atoms with E-state index in [-0.39, 0.29) is 6.61 Å². The first kappa shape index (κ1) is 11.2. The summed E-state index contributed by atoms with van der Waals surface area (Å²) in [6, 6.07) is 7.39. The molecule has 0 aliphatic heterocycles. The predicted molar refractivity (Wildman–Crippen MR) is 59.4 cm³/mol. The minimum absolute atomic E-state index is 0.209. The van der Waals surface area contributed by atoms with Gasteiger partial charge in [-0.15, -0.1) is 12.8 Å². The summed E-state index contributed by atoms with van der Waals surface area (Å²) in [4.78, 5) is 0. The van der Waals surface area contributed by atoms with Gasteiger partial charge in [-0.3, -0.25) is 0 Å². The zero-order valence-corrected chi connectivity index (χ0v) is 8.57. The monoisotopic (exact) mass is 200 g/mol. The number of hydrogen-bond acceptors (Lipinski definition) is 2. The molecule has 0 heterocycles. The lowest BCUT2D eigenvalue weighted by atomic mass is 10.1. The van der Waals surface area contributed by atoms with E-state index in [1.54, 1.807) is 7.11 Å². The average Bonchev–Trinajstić information content (AvgIpc) is 2.31. The minimum Gasteiger partial charge on any atom is -0.497 e. The Morgan fingerprint density at radius 3 is 2.40 bits per heavy atom. The second kappa shape index (κ2) is 5.75. The molecule has 0 spiro atoms. The lowest BCUT2D eigenvalue weighted by Crippen LogP contribution is -2.02. The van der Waals surface area contributed by atoms with Crippen LogP contribution in [0.3, 0.4) is 0 Å². The smallest absolute Gasteiger partial charge is 0.144 e. The highest BCUT2D eigenvalue weighted by atomic mass is 16.5. The van der Waals surface area contributed by atoms with Crippen LogP contribution in [0, 0.1) is 24.7 Å². The molecule has 1 rings (SSSR count). The van der Waals surface area contributed by atoms with E-state index in [1.807, 2.05) is 24.3 Å². The van der Waals surface area contributed by atoms with Gasteiger partial charge in [0.1, 0.15) is 18.5 Å². The third-order valence-corrected chi connectivity index (χ3v) is 1.90. The van der Waals surface area contributed by atoms with Crippen LogP contribution in [0.1, 0.15) is 11.7 Å². The molecule has 2 heteroatoms. The quantitative estimate of drug-likeness (QED) is 0.692. The normalized spacial score (nSPS) is 11.1. The van der Waals surface area contributed by atoms with Crippen molar-refractivity contribution >= 4 is 0 Å². The van der Waals surface area contributed by atoms with Crippen LogP contribution in [-0.4, -0.2) is 13.7 Å². The summed E-state index contributed by atoms with van der Waals surface area (Å²) >= 11 is 0. The van der Waals surface area contributed by atoms with Gasteiger partial charge in [-0.25, -0.2) is 0 Å².